The Balaban J connectivity index is 2.32. The molecule has 1 aliphatic heterocycles. The molecule has 6 heteroatoms. The van der Waals surface area contributed by atoms with Crippen LogP contribution in [0.25, 0.3) is 6.08 Å². The van der Waals surface area contributed by atoms with Crippen molar-refractivity contribution in [2.75, 3.05) is 0 Å². The van der Waals surface area contributed by atoms with Crippen molar-refractivity contribution in [2.45, 2.75) is 6.42 Å². The zero-order chi connectivity index (χ0) is 11.7. The molecule has 2 heterocycles. The molecule has 0 spiro atoms. The average Bonchev–Trinajstić information content (AvgIpc) is 2.58. The molecule has 0 bridgehead atoms. The van der Waals surface area contributed by atoms with Gasteiger partial charge in [0.2, 0.25) is 5.91 Å². The Labute approximate surface area is 103 Å². The van der Waals surface area contributed by atoms with Crippen LogP contribution in [0, 0.1) is 0 Å². The first kappa shape index (κ1) is 11.2. The number of hydrogen-bond donors (Lipinski definition) is 1. The quantitative estimate of drug-likeness (QED) is 0.370. The maximum Gasteiger partial charge on any atom is 0.261 e. The summed E-state index contributed by atoms with van der Waals surface area (Å²) in [4.78, 5) is 34.6. The van der Waals surface area contributed by atoms with E-state index in [-0.39, 0.29) is 12.0 Å². The number of rotatable bonds is 1. The van der Waals surface area contributed by atoms with Crippen LogP contribution in [-0.2, 0) is 14.4 Å². The van der Waals surface area contributed by atoms with Crippen LogP contribution in [-0.4, -0.2) is 17.6 Å². The Morgan fingerprint density at radius 2 is 2.06 bits per heavy atom. The first-order valence-corrected chi connectivity index (χ1v) is 6.01. The van der Waals surface area contributed by atoms with Gasteiger partial charge in [-0.1, -0.05) is 0 Å². The van der Waals surface area contributed by atoms with Crippen LogP contribution >= 0.6 is 27.3 Å². The van der Waals surface area contributed by atoms with Gasteiger partial charge in [0.15, 0.2) is 5.78 Å². The third kappa shape index (κ3) is 2.28. The average molecular weight is 300 g/mol. The van der Waals surface area contributed by atoms with E-state index < -0.39 is 17.6 Å². The van der Waals surface area contributed by atoms with Gasteiger partial charge in [-0.3, -0.25) is 19.7 Å². The largest absolute Gasteiger partial charge is 0.293 e. The molecule has 1 aromatic heterocycles. The molecule has 0 atom stereocenters. The van der Waals surface area contributed by atoms with E-state index in [2.05, 4.69) is 21.2 Å². The summed E-state index contributed by atoms with van der Waals surface area (Å²) >= 11 is 4.70. The molecule has 1 saturated heterocycles. The first-order valence-electron chi connectivity index (χ1n) is 4.40. The predicted octanol–water partition coefficient (Wildman–Crippen LogP) is 1.51. The van der Waals surface area contributed by atoms with Crippen molar-refractivity contribution in [3.05, 3.63) is 26.4 Å². The summed E-state index contributed by atoms with van der Waals surface area (Å²) in [5, 5.41) is 2.11. The number of nitrogens with one attached hydrogen (secondary N) is 1. The number of ketones is 1. The summed E-state index contributed by atoms with van der Waals surface area (Å²) in [5.74, 6) is -1.59. The number of hydrogen-bond acceptors (Lipinski definition) is 4. The Morgan fingerprint density at radius 3 is 2.62 bits per heavy atom. The molecule has 0 aliphatic carbocycles. The summed E-state index contributed by atoms with van der Waals surface area (Å²) in [6, 6.07) is 3.62. The molecule has 1 fully saturated rings. The lowest BCUT2D eigenvalue weighted by atomic mass is 10.0. The van der Waals surface area contributed by atoms with E-state index >= 15 is 0 Å². The third-order valence-corrected chi connectivity index (χ3v) is 3.57. The molecule has 16 heavy (non-hydrogen) atoms. The second kappa shape index (κ2) is 4.31. The Morgan fingerprint density at radius 1 is 1.31 bits per heavy atom. The molecule has 2 amide bonds. The van der Waals surface area contributed by atoms with Crippen LogP contribution in [0.15, 0.2) is 21.5 Å². The minimum absolute atomic E-state index is 0.0361. The van der Waals surface area contributed by atoms with E-state index in [0.717, 1.165) is 8.66 Å². The smallest absolute Gasteiger partial charge is 0.261 e. The number of piperidine rings is 1. The van der Waals surface area contributed by atoms with Gasteiger partial charge in [0, 0.05) is 4.88 Å². The van der Waals surface area contributed by atoms with Crippen molar-refractivity contribution in [2.24, 2.45) is 0 Å². The number of halogens is 1. The van der Waals surface area contributed by atoms with Crippen LogP contribution in [0.5, 0.6) is 0 Å². The molecule has 82 valence electrons. The number of amides is 2. The van der Waals surface area contributed by atoms with Gasteiger partial charge in [-0.05, 0) is 34.1 Å². The van der Waals surface area contributed by atoms with Gasteiger partial charge in [0.05, 0.1) is 15.8 Å². The Hall–Kier alpha value is -1.27. The van der Waals surface area contributed by atoms with Crippen molar-refractivity contribution in [1.82, 2.24) is 5.32 Å². The van der Waals surface area contributed by atoms with E-state index in [0.29, 0.717) is 0 Å². The second-order valence-corrected chi connectivity index (χ2v) is 5.67. The van der Waals surface area contributed by atoms with Gasteiger partial charge in [-0.25, -0.2) is 0 Å². The summed E-state index contributed by atoms with van der Waals surface area (Å²) in [6.45, 7) is 0. The number of Topliss-reactive ketones (excluding diaryl/α,β-unsaturated/α-hetero) is 1. The molecule has 0 saturated carbocycles. The normalized spacial score (nSPS) is 19.1. The van der Waals surface area contributed by atoms with Gasteiger partial charge < -0.3 is 0 Å². The standard InChI is InChI=1S/C10H6BrNO3S/c11-8-2-1-5(16-8)3-6-7(13)4-9(14)12-10(6)15/h1-3H,4H2,(H,12,14,15)/b6-3+. The maximum atomic E-state index is 11.5. The van der Waals surface area contributed by atoms with Crippen LogP contribution in [0.2, 0.25) is 0 Å². The van der Waals surface area contributed by atoms with Crippen molar-refractivity contribution < 1.29 is 14.4 Å². The highest BCUT2D eigenvalue weighted by molar-refractivity contribution is 9.11. The highest BCUT2D eigenvalue weighted by atomic mass is 79.9. The van der Waals surface area contributed by atoms with Crippen molar-refractivity contribution >= 4 is 50.9 Å². The predicted molar refractivity (Wildman–Crippen MR) is 62.8 cm³/mol. The zero-order valence-electron chi connectivity index (χ0n) is 7.95. The molecule has 1 aromatic rings. The monoisotopic (exact) mass is 299 g/mol. The lowest BCUT2D eigenvalue weighted by Gasteiger charge is -2.11. The number of thiophene rings is 1. The van der Waals surface area contributed by atoms with Gasteiger partial charge in [-0.2, -0.15) is 0 Å². The number of imide groups is 1. The fourth-order valence-corrected chi connectivity index (χ4v) is 2.67. The number of carbonyl (C=O) groups excluding carboxylic acids is 3. The van der Waals surface area contributed by atoms with Crippen LogP contribution in [0.3, 0.4) is 0 Å². The van der Waals surface area contributed by atoms with Gasteiger partial charge in [-0.15, -0.1) is 11.3 Å². The maximum absolute atomic E-state index is 11.5. The highest BCUT2D eigenvalue weighted by Gasteiger charge is 2.28. The molecule has 1 N–H and O–H groups in total. The molecular formula is C10H6BrNO3S. The van der Waals surface area contributed by atoms with E-state index in [1.807, 2.05) is 6.07 Å². The number of carbonyl (C=O) groups is 3. The SMILES string of the molecule is O=C1CC(=O)/C(=C\c2ccc(Br)s2)C(=O)N1. The summed E-state index contributed by atoms with van der Waals surface area (Å²) < 4.78 is 0.916. The van der Waals surface area contributed by atoms with Crippen LogP contribution in [0.1, 0.15) is 11.3 Å². The van der Waals surface area contributed by atoms with E-state index in [9.17, 15) is 14.4 Å². The van der Waals surface area contributed by atoms with E-state index in [1.54, 1.807) is 6.07 Å². The fraction of sp³-hybridized carbons (Fsp3) is 0.100. The van der Waals surface area contributed by atoms with Crippen molar-refractivity contribution in [3.63, 3.8) is 0 Å². The molecule has 2 rings (SSSR count). The molecule has 0 unspecified atom stereocenters. The first-order chi connectivity index (χ1) is 7.56. The molecule has 4 nitrogen and oxygen atoms in total. The molecule has 0 radical (unpaired) electrons. The van der Waals surface area contributed by atoms with Gasteiger partial charge >= 0.3 is 0 Å². The van der Waals surface area contributed by atoms with Crippen LogP contribution in [0.4, 0.5) is 0 Å². The molecule has 1 aliphatic rings. The fourth-order valence-electron chi connectivity index (χ4n) is 1.30. The molecular weight excluding hydrogens is 294 g/mol. The van der Waals surface area contributed by atoms with E-state index in [1.165, 1.54) is 17.4 Å². The van der Waals surface area contributed by atoms with Crippen LogP contribution < -0.4 is 5.32 Å². The zero-order valence-corrected chi connectivity index (χ0v) is 10.4. The summed E-state index contributed by atoms with van der Waals surface area (Å²) in [7, 11) is 0. The topological polar surface area (TPSA) is 63.2 Å². The van der Waals surface area contributed by atoms with Gasteiger partial charge in [0.1, 0.15) is 0 Å². The minimum atomic E-state index is -0.620. The minimum Gasteiger partial charge on any atom is -0.293 e. The lowest BCUT2D eigenvalue weighted by molar-refractivity contribution is -0.134. The lowest BCUT2D eigenvalue weighted by Crippen LogP contribution is -2.40. The third-order valence-electron chi connectivity index (χ3n) is 2.00. The second-order valence-electron chi connectivity index (χ2n) is 3.18. The summed E-state index contributed by atoms with van der Waals surface area (Å²) in [6.07, 6.45) is 1.24. The summed E-state index contributed by atoms with van der Waals surface area (Å²) in [5.41, 5.74) is 0.0361. The Bertz CT molecular complexity index is 496. The molecule has 0 aromatic carbocycles. The highest BCUT2D eigenvalue weighted by Crippen LogP contribution is 2.25. The van der Waals surface area contributed by atoms with Gasteiger partial charge in [0.25, 0.3) is 5.91 Å². The Kier molecular flexibility index (Phi) is 3.02. The van der Waals surface area contributed by atoms with Crippen molar-refractivity contribution in [3.8, 4) is 0 Å². The van der Waals surface area contributed by atoms with Crippen molar-refractivity contribution in [1.29, 1.82) is 0 Å². The van der Waals surface area contributed by atoms with E-state index in [4.69, 9.17) is 0 Å².